The second-order valence-electron chi connectivity index (χ2n) is 5.29. The molecule has 2 aromatic carbocycles. The zero-order chi connectivity index (χ0) is 16.7. The topological polar surface area (TPSA) is 66.5 Å². The number of nitrogens with one attached hydrogen (secondary N) is 1. The van der Waals surface area contributed by atoms with Crippen LogP contribution in [0.1, 0.15) is 33.2 Å². The van der Waals surface area contributed by atoms with Crippen LogP contribution in [0.3, 0.4) is 0 Å². The number of carbonyl (C=O) groups excluding carboxylic acids is 3. The second-order valence-corrected chi connectivity index (χ2v) is 5.70. The Morgan fingerprint density at radius 1 is 1.13 bits per heavy atom. The zero-order valence-electron chi connectivity index (χ0n) is 12.5. The average Bonchev–Trinajstić information content (AvgIpc) is 2.72. The highest BCUT2D eigenvalue weighted by molar-refractivity contribution is 6.42. The minimum Gasteiger partial charge on any atom is -0.326 e. The van der Waals surface area contributed by atoms with Crippen molar-refractivity contribution in [2.24, 2.45) is 0 Å². The molecule has 6 heteroatoms. The molecule has 1 aliphatic rings. The molecule has 2 aromatic rings. The van der Waals surface area contributed by atoms with Crippen molar-refractivity contribution in [2.45, 2.75) is 13.8 Å². The molecule has 5 nitrogen and oxygen atoms in total. The van der Waals surface area contributed by atoms with Gasteiger partial charge in [-0.25, -0.2) is 4.90 Å². The van der Waals surface area contributed by atoms with Gasteiger partial charge >= 0.3 is 0 Å². The van der Waals surface area contributed by atoms with E-state index in [0.717, 1.165) is 4.90 Å². The molecule has 0 spiro atoms. The molecule has 116 valence electrons. The minimum atomic E-state index is -0.439. The maximum Gasteiger partial charge on any atom is 0.267 e. The van der Waals surface area contributed by atoms with Crippen molar-refractivity contribution in [2.75, 3.05) is 10.2 Å². The summed E-state index contributed by atoms with van der Waals surface area (Å²) in [4.78, 5) is 37.4. The number of benzene rings is 2. The van der Waals surface area contributed by atoms with E-state index >= 15 is 0 Å². The number of amides is 3. The lowest BCUT2D eigenvalue weighted by Crippen LogP contribution is -2.30. The van der Waals surface area contributed by atoms with Gasteiger partial charge in [-0.15, -0.1) is 0 Å². The highest BCUT2D eigenvalue weighted by atomic mass is 35.5. The summed E-state index contributed by atoms with van der Waals surface area (Å²) in [6.07, 6.45) is 0. The quantitative estimate of drug-likeness (QED) is 0.859. The Morgan fingerprint density at radius 3 is 2.48 bits per heavy atom. The lowest BCUT2D eigenvalue weighted by atomic mass is 10.1. The molecule has 1 aliphatic heterocycles. The van der Waals surface area contributed by atoms with Crippen molar-refractivity contribution in [3.8, 4) is 0 Å². The predicted octanol–water partition coefficient (Wildman–Crippen LogP) is 3.41. The van der Waals surface area contributed by atoms with Crippen LogP contribution >= 0.6 is 11.6 Å². The van der Waals surface area contributed by atoms with Crippen molar-refractivity contribution >= 4 is 40.7 Å². The molecule has 0 aliphatic carbocycles. The van der Waals surface area contributed by atoms with Crippen molar-refractivity contribution in [1.82, 2.24) is 0 Å². The number of imide groups is 1. The number of anilines is 2. The molecule has 1 N–H and O–H groups in total. The van der Waals surface area contributed by atoms with Gasteiger partial charge in [0.25, 0.3) is 11.8 Å². The maximum absolute atomic E-state index is 12.6. The van der Waals surface area contributed by atoms with E-state index in [9.17, 15) is 14.4 Å². The molecule has 0 saturated heterocycles. The first-order valence-electron chi connectivity index (χ1n) is 6.95. The molecule has 23 heavy (non-hydrogen) atoms. The van der Waals surface area contributed by atoms with E-state index in [1.165, 1.54) is 6.92 Å². The van der Waals surface area contributed by atoms with E-state index in [2.05, 4.69) is 5.32 Å². The van der Waals surface area contributed by atoms with Crippen molar-refractivity contribution < 1.29 is 14.4 Å². The smallest absolute Gasteiger partial charge is 0.267 e. The summed E-state index contributed by atoms with van der Waals surface area (Å²) in [6, 6.07) is 9.81. The van der Waals surface area contributed by atoms with Crippen LogP contribution < -0.4 is 10.2 Å². The Balaban J connectivity index is 2.04. The number of hydrogen-bond donors (Lipinski definition) is 1. The Morgan fingerprint density at radius 2 is 1.87 bits per heavy atom. The van der Waals surface area contributed by atoms with Gasteiger partial charge in [-0.3, -0.25) is 14.4 Å². The van der Waals surface area contributed by atoms with E-state index in [-0.39, 0.29) is 16.5 Å². The van der Waals surface area contributed by atoms with E-state index in [1.54, 1.807) is 43.3 Å². The molecule has 0 unspecified atom stereocenters. The summed E-state index contributed by atoms with van der Waals surface area (Å²) in [6.45, 7) is 3.18. The minimum absolute atomic E-state index is 0.190. The third-order valence-corrected chi connectivity index (χ3v) is 3.94. The number of hydrogen-bond acceptors (Lipinski definition) is 3. The molecule has 3 rings (SSSR count). The number of carbonyl (C=O) groups is 3. The Bertz CT molecular complexity index is 861. The van der Waals surface area contributed by atoms with Crippen LogP contribution in [0.25, 0.3) is 0 Å². The van der Waals surface area contributed by atoms with Crippen LogP contribution in [0.2, 0.25) is 5.02 Å². The number of halogens is 1. The van der Waals surface area contributed by atoms with E-state index in [4.69, 9.17) is 11.6 Å². The molecule has 0 radical (unpaired) electrons. The van der Waals surface area contributed by atoms with Crippen LogP contribution in [0.15, 0.2) is 36.4 Å². The maximum atomic E-state index is 12.6. The van der Waals surface area contributed by atoms with Gasteiger partial charge in [-0.2, -0.15) is 0 Å². The van der Waals surface area contributed by atoms with Gasteiger partial charge < -0.3 is 5.32 Å². The van der Waals surface area contributed by atoms with Crippen LogP contribution in [0.5, 0.6) is 0 Å². The van der Waals surface area contributed by atoms with Crippen LogP contribution in [-0.2, 0) is 4.79 Å². The molecule has 0 aromatic heterocycles. The van der Waals surface area contributed by atoms with Crippen molar-refractivity contribution in [3.05, 3.63) is 58.1 Å². The zero-order valence-corrected chi connectivity index (χ0v) is 13.3. The summed E-state index contributed by atoms with van der Waals surface area (Å²) in [5.41, 5.74) is 2.30. The second kappa shape index (κ2) is 5.52. The standard InChI is InChI=1S/C17H13ClN2O3/c1-9-8-11(19-10(2)21)6-7-14(9)20-16(22)12-4-3-5-13(18)15(12)17(20)23/h3-8H,1-2H3,(H,19,21). The number of rotatable bonds is 2. The first-order chi connectivity index (χ1) is 10.9. The SMILES string of the molecule is CC(=O)Nc1ccc(N2C(=O)c3cccc(Cl)c3C2=O)c(C)c1. The lowest BCUT2D eigenvalue weighted by molar-refractivity contribution is -0.114. The van der Waals surface area contributed by atoms with Crippen molar-refractivity contribution in [1.29, 1.82) is 0 Å². The normalized spacial score (nSPS) is 13.3. The predicted molar refractivity (Wildman–Crippen MR) is 88.1 cm³/mol. The molecular weight excluding hydrogens is 316 g/mol. The first-order valence-corrected chi connectivity index (χ1v) is 7.33. The van der Waals surface area contributed by atoms with Gasteiger partial charge in [0.05, 0.1) is 21.8 Å². The van der Waals surface area contributed by atoms with Crippen molar-refractivity contribution in [3.63, 3.8) is 0 Å². The monoisotopic (exact) mass is 328 g/mol. The fourth-order valence-electron chi connectivity index (χ4n) is 2.65. The number of aryl methyl sites for hydroxylation is 1. The van der Waals surface area contributed by atoms with E-state index in [0.29, 0.717) is 22.5 Å². The summed E-state index contributed by atoms with van der Waals surface area (Å²) < 4.78 is 0. The molecular formula is C17H13ClN2O3. The Hall–Kier alpha value is -2.66. The number of nitrogens with zero attached hydrogens (tertiary/aromatic N) is 1. The third kappa shape index (κ3) is 2.49. The van der Waals surface area contributed by atoms with Gasteiger partial charge in [0, 0.05) is 12.6 Å². The highest BCUT2D eigenvalue weighted by Crippen LogP contribution is 2.34. The van der Waals surface area contributed by atoms with Gasteiger partial charge in [-0.1, -0.05) is 17.7 Å². The van der Waals surface area contributed by atoms with Gasteiger partial charge in [0.15, 0.2) is 0 Å². The summed E-state index contributed by atoms with van der Waals surface area (Å²) in [5, 5.41) is 2.92. The van der Waals surface area contributed by atoms with Gasteiger partial charge in [0.2, 0.25) is 5.91 Å². The number of fused-ring (bicyclic) bond motifs is 1. The lowest BCUT2D eigenvalue weighted by Gasteiger charge is -2.17. The van der Waals surface area contributed by atoms with Crippen LogP contribution in [-0.4, -0.2) is 17.7 Å². The fraction of sp³-hybridized carbons (Fsp3) is 0.118. The molecule has 0 fully saturated rings. The summed E-state index contributed by atoms with van der Waals surface area (Å²) >= 11 is 6.06. The first kappa shape index (κ1) is 15.2. The highest BCUT2D eigenvalue weighted by Gasteiger charge is 2.38. The molecule has 3 amide bonds. The molecule has 0 atom stereocenters. The van der Waals surface area contributed by atoms with Gasteiger partial charge in [-0.05, 0) is 42.8 Å². The van der Waals surface area contributed by atoms with Gasteiger partial charge in [0.1, 0.15) is 0 Å². The van der Waals surface area contributed by atoms with Crippen LogP contribution in [0.4, 0.5) is 11.4 Å². The Kier molecular flexibility index (Phi) is 3.66. The molecule has 0 saturated carbocycles. The summed E-state index contributed by atoms with van der Waals surface area (Å²) in [7, 11) is 0. The average molecular weight is 329 g/mol. The molecule has 0 bridgehead atoms. The van der Waals surface area contributed by atoms with E-state index in [1.807, 2.05) is 0 Å². The summed E-state index contributed by atoms with van der Waals surface area (Å²) in [5.74, 6) is -1.03. The van der Waals surface area contributed by atoms with Crippen LogP contribution in [0, 0.1) is 6.92 Å². The third-order valence-electron chi connectivity index (χ3n) is 3.62. The Labute approximate surface area is 137 Å². The van der Waals surface area contributed by atoms with E-state index < -0.39 is 11.8 Å². The fourth-order valence-corrected chi connectivity index (χ4v) is 2.91. The molecule has 1 heterocycles. The largest absolute Gasteiger partial charge is 0.326 e.